The molecule has 24 heavy (non-hydrogen) atoms. The summed E-state index contributed by atoms with van der Waals surface area (Å²) in [5.41, 5.74) is -1.09. The molecule has 2 rings (SSSR count). The van der Waals surface area contributed by atoms with E-state index in [1.54, 1.807) is 6.92 Å². The van der Waals surface area contributed by atoms with Crippen LogP contribution in [0.1, 0.15) is 39.0 Å². The van der Waals surface area contributed by atoms with Crippen molar-refractivity contribution in [3.63, 3.8) is 0 Å². The van der Waals surface area contributed by atoms with E-state index in [1.807, 2.05) is 0 Å². The van der Waals surface area contributed by atoms with Crippen LogP contribution in [0, 0.1) is 0 Å². The standard InChI is InChI=1S/C15H14F3N3O3/c1-8(6-9-4-2-3-5-10(9)15(16,17)18)19-13(22)11-7-12(14(23)24)21-20-11/h2-5,7-8H,6H2,1H3,(H,19,22)(H,20,21)(H,23,24). The summed E-state index contributed by atoms with van der Waals surface area (Å²) in [6.07, 6.45) is -4.50. The van der Waals surface area contributed by atoms with Gasteiger partial charge < -0.3 is 10.4 Å². The Morgan fingerprint density at radius 1 is 1.33 bits per heavy atom. The lowest BCUT2D eigenvalue weighted by Gasteiger charge is -2.17. The summed E-state index contributed by atoms with van der Waals surface area (Å²) < 4.78 is 38.8. The molecule has 9 heteroatoms. The molecule has 2 aromatic rings. The predicted molar refractivity (Wildman–Crippen MR) is 77.6 cm³/mol. The van der Waals surface area contributed by atoms with Crippen LogP contribution in [-0.4, -0.2) is 33.2 Å². The molecule has 0 aliphatic carbocycles. The van der Waals surface area contributed by atoms with Crippen LogP contribution in [0.4, 0.5) is 13.2 Å². The summed E-state index contributed by atoms with van der Waals surface area (Å²) in [6.45, 7) is 1.55. The van der Waals surface area contributed by atoms with E-state index in [0.717, 1.165) is 12.1 Å². The summed E-state index contributed by atoms with van der Waals surface area (Å²) in [5.74, 6) is -1.94. The Morgan fingerprint density at radius 3 is 2.58 bits per heavy atom. The highest BCUT2D eigenvalue weighted by molar-refractivity contribution is 5.95. The van der Waals surface area contributed by atoms with Crippen molar-refractivity contribution in [2.45, 2.75) is 25.6 Å². The van der Waals surface area contributed by atoms with Crippen molar-refractivity contribution in [3.8, 4) is 0 Å². The zero-order valence-corrected chi connectivity index (χ0v) is 12.5. The van der Waals surface area contributed by atoms with Crippen LogP contribution in [-0.2, 0) is 12.6 Å². The molecule has 0 spiro atoms. The van der Waals surface area contributed by atoms with E-state index in [4.69, 9.17) is 5.11 Å². The largest absolute Gasteiger partial charge is 0.477 e. The number of aromatic amines is 1. The molecular formula is C15H14F3N3O3. The number of carbonyl (C=O) groups excluding carboxylic acids is 1. The molecule has 0 fully saturated rings. The van der Waals surface area contributed by atoms with Gasteiger partial charge in [-0.25, -0.2) is 4.79 Å². The third-order valence-electron chi connectivity index (χ3n) is 3.27. The van der Waals surface area contributed by atoms with Crippen LogP contribution in [0.25, 0.3) is 0 Å². The highest BCUT2D eigenvalue weighted by atomic mass is 19.4. The van der Waals surface area contributed by atoms with E-state index < -0.39 is 29.7 Å². The molecule has 6 nitrogen and oxygen atoms in total. The van der Waals surface area contributed by atoms with Gasteiger partial charge in [-0.05, 0) is 25.0 Å². The second-order valence-electron chi connectivity index (χ2n) is 5.21. The Labute approximate surface area is 134 Å². The normalized spacial score (nSPS) is 12.7. The first-order chi connectivity index (χ1) is 11.2. The van der Waals surface area contributed by atoms with Crippen molar-refractivity contribution in [1.82, 2.24) is 15.5 Å². The number of amides is 1. The average molecular weight is 341 g/mol. The Kier molecular flexibility index (Phi) is 4.91. The quantitative estimate of drug-likeness (QED) is 0.779. The van der Waals surface area contributed by atoms with Gasteiger partial charge in [0.25, 0.3) is 5.91 Å². The SMILES string of the molecule is CC(Cc1ccccc1C(F)(F)F)NC(=O)c1cc(C(=O)O)[nH]n1. The van der Waals surface area contributed by atoms with E-state index >= 15 is 0 Å². The Hall–Kier alpha value is -2.84. The van der Waals surface area contributed by atoms with Gasteiger partial charge in [0.1, 0.15) is 5.69 Å². The Morgan fingerprint density at radius 2 is 2.00 bits per heavy atom. The minimum atomic E-state index is -4.47. The first-order valence-corrected chi connectivity index (χ1v) is 6.93. The second kappa shape index (κ2) is 6.73. The molecule has 0 aliphatic rings. The van der Waals surface area contributed by atoms with Gasteiger partial charge in [-0.15, -0.1) is 0 Å². The molecule has 1 amide bonds. The molecule has 1 aromatic carbocycles. The molecule has 1 unspecified atom stereocenters. The average Bonchev–Trinajstić information content (AvgIpc) is 2.96. The number of carboxylic acid groups (broad SMARTS) is 1. The highest BCUT2D eigenvalue weighted by Crippen LogP contribution is 2.32. The summed E-state index contributed by atoms with van der Waals surface area (Å²) >= 11 is 0. The van der Waals surface area contributed by atoms with Crippen molar-refractivity contribution < 1.29 is 27.9 Å². The number of aromatic carboxylic acids is 1. The van der Waals surface area contributed by atoms with Crippen molar-refractivity contribution in [2.75, 3.05) is 0 Å². The van der Waals surface area contributed by atoms with Crippen molar-refractivity contribution in [3.05, 3.63) is 52.8 Å². The molecule has 3 N–H and O–H groups in total. The Bertz CT molecular complexity index is 756. The number of alkyl halides is 3. The minimum absolute atomic E-state index is 0.0301. The zero-order valence-electron chi connectivity index (χ0n) is 12.5. The number of carboxylic acids is 1. The summed E-state index contributed by atoms with van der Waals surface area (Å²) in [7, 11) is 0. The predicted octanol–water partition coefficient (Wildman–Crippen LogP) is 2.49. The van der Waals surface area contributed by atoms with Crippen LogP contribution in [0.3, 0.4) is 0 Å². The van der Waals surface area contributed by atoms with Gasteiger partial charge in [0.2, 0.25) is 0 Å². The fraction of sp³-hybridized carbons (Fsp3) is 0.267. The molecule has 1 atom stereocenters. The summed E-state index contributed by atoms with van der Waals surface area (Å²) in [4.78, 5) is 22.7. The number of benzene rings is 1. The van der Waals surface area contributed by atoms with Gasteiger partial charge in [0.05, 0.1) is 5.56 Å². The van der Waals surface area contributed by atoms with Gasteiger partial charge in [-0.2, -0.15) is 18.3 Å². The topological polar surface area (TPSA) is 95.1 Å². The van der Waals surface area contributed by atoms with Crippen LogP contribution in [0.5, 0.6) is 0 Å². The Balaban J connectivity index is 2.07. The number of hydrogen-bond acceptors (Lipinski definition) is 3. The first kappa shape index (κ1) is 17.5. The van der Waals surface area contributed by atoms with Gasteiger partial charge in [-0.3, -0.25) is 9.89 Å². The molecule has 0 aliphatic heterocycles. The fourth-order valence-corrected chi connectivity index (χ4v) is 2.20. The van der Waals surface area contributed by atoms with E-state index in [-0.39, 0.29) is 23.4 Å². The van der Waals surface area contributed by atoms with Crippen LogP contribution in [0.15, 0.2) is 30.3 Å². The first-order valence-electron chi connectivity index (χ1n) is 6.93. The molecule has 128 valence electrons. The summed E-state index contributed by atoms with van der Waals surface area (Å²) in [6, 6.07) is 5.57. The number of hydrogen-bond donors (Lipinski definition) is 3. The smallest absolute Gasteiger partial charge is 0.416 e. The maximum Gasteiger partial charge on any atom is 0.416 e. The van der Waals surface area contributed by atoms with E-state index in [1.165, 1.54) is 18.2 Å². The van der Waals surface area contributed by atoms with Crippen LogP contribution in [0.2, 0.25) is 0 Å². The lowest BCUT2D eigenvalue weighted by atomic mass is 10.0. The number of carbonyl (C=O) groups is 2. The van der Waals surface area contributed by atoms with Gasteiger partial charge in [0.15, 0.2) is 5.69 Å². The maximum absolute atomic E-state index is 12.9. The monoisotopic (exact) mass is 341 g/mol. The molecule has 0 radical (unpaired) electrons. The van der Waals surface area contributed by atoms with E-state index in [9.17, 15) is 22.8 Å². The lowest BCUT2D eigenvalue weighted by Crippen LogP contribution is -2.34. The molecule has 1 heterocycles. The minimum Gasteiger partial charge on any atom is -0.477 e. The third-order valence-corrected chi connectivity index (χ3v) is 3.27. The van der Waals surface area contributed by atoms with E-state index in [2.05, 4.69) is 15.5 Å². The number of H-pyrrole nitrogens is 1. The number of nitrogens with one attached hydrogen (secondary N) is 2. The third kappa shape index (κ3) is 4.12. The molecule has 0 saturated heterocycles. The summed E-state index contributed by atoms with van der Waals surface area (Å²) in [5, 5.41) is 17.0. The van der Waals surface area contributed by atoms with E-state index in [0.29, 0.717) is 0 Å². The maximum atomic E-state index is 12.9. The van der Waals surface area contributed by atoms with Gasteiger partial charge in [0, 0.05) is 12.1 Å². The molecular weight excluding hydrogens is 327 g/mol. The lowest BCUT2D eigenvalue weighted by molar-refractivity contribution is -0.138. The molecule has 1 aromatic heterocycles. The second-order valence-corrected chi connectivity index (χ2v) is 5.21. The van der Waals surface area contributed by atoms with Crippen molar-refractivity contribution in [2.24, 2.45) is 0 Å². The molecule has 0 saturated carbocycles. The van der Waals surface area contributed by atoms with Crippen LogP contribution < -0.4 is 5.32 Å². The fourth-order valence-electron chi connectivity index (χ4n) is 2.20. The van der Waals surface area contributed by atoms with Crippen LogP contribution >= 0.6 is 0 Å². The van der Waals surface area contributed by atoms with Crippen molar-refractivity contribution >= 4 is 11.9 Å². The highest BCUT2D eigenvalue weighted by Gasteiger charge is 2.33. The van der Waals surface area contributed by atoms with Gasteiger partial charge in [-0.1, -0.05) is 18.2 Å². The number of aromatic nitrogens is 2. The van der Waals surface area contributed by atoms with Crippen molar-refractivity contribution in [1.29, 1.82) is 0 Å². The number of halogens is 3. The zero-order chi connectivity index (χ0) is 17.9. The van der Waals surface area contributed by atoms with Gasteiger partial charge >= 0.3 is 12.1 Å². The number of nitrogens with zero attached hydrogens (tertiary/aromatic N) is 1. The molecule has 0 bridgehead atoms. The number of rotatable bonds is 5.